The minimum Gasteiger partial charge on any atom is -0.372 e. The number of ether oxygens (including phenoxy) is 1. The lowest BCUT2D eigenvalue weighted by Crippen LogP contribution is -2.48. The number of carbonyl (C=O) groups excluding carboxylic acids is 1. The van der Waals surface area contributed by atoms with Crippen molar-refractivity contribution >= 4 is 34.8 Å². The summed E-state index contributed by atoms with van der Waals surface area (Å²) in [5.41, 5.74) is 3.54. The maximum atomic E-state index is 13.3. The van der Waals surface area contributed by atoms with Crippen molar-refractivity contribution in [1.82, 2.24) is 24.7 Å². The minimum atomic E-state index is -0.235. The van der Waals surface area contributed by atoms with E-state index in [2.05, 4.69) is 10.2 Å². The Labute approximate surface area is 200 Å². The van der Waals surface area contributed by atoms with Gasteiger partial charge in [-0.05, 0) is 43.7 Å². The Morgan fingerprint density at radius 2 is 1.67 bits per heavy atom. The van der Waals surface area contributed by atoms with Gasteiger partial charge in [0.05, 0.1) is 17.2 Å². The number of halogens is 2. The summed E-state index contributed by atoms with van der Waals surface area (Å²) in [6.07, 6.45) is -0.111. The lowest BCUT2D eigenvalue weighted by atomic mass is 10.00. The molecule has 0 N–H and O–H groups in total. The van der Waals surface area contributed by atoms with Crippen LogP contribution in [0.2, 0.25) is 10.0 Å². The topological polar surface area (TPSA) is 72.6 Å². The van der Waals surface area contributed by atoms with Crippen molar-refractivity contribution in [3.8, 4) is 22.4 Å². The molecule has 0 bridgehead atoms. The molecule has 4 aromatic rings. The van der Waals surface area contributed by atoms with Crippen LogP contribution in [-0.2, 0) is 4.74 Å². The maximum Gasteiger partial charge on any atom is 0.293 e. The van der Waals surface area contributed by atoms with Crippen LogP contribution in [0.15, 0.2) is 54.6 Å². The molecule has 1 amide bonds. The van der Waals surface area contributed by atoms with Gasteiger partial charge in [0.15, 0.2) is 5.65 Å². The maximum absolute atomic E-state index is 13.3. The normalized spacial score (nSPS) is 18.6. The lowest BCUT2D eigenvalue weighted by molar-refractivity contribution is -0.0589. The number of amides is 1. The second-order valence-corrected chi connectivity index (χ2v) is 9.00. The Hall–Kier alpha value is -3.00. The van der Waals surface area contributed by atoms with Gasteiger partial charge in [-0.2, -0.15) is 9.61 Å². The summed E-state index contributed by atoms with van der Waals surface area (Å²) in [4.78, 5) is 15.1. The van der Waals surface area contributed by atoms with Crippen molar-refractivity contribution in [2.75, 3.05) is 13.1 Å². The molecular weight excluding hydrogens is 461 g/mol. The van der Waals surface area contributed by atoms with Gasteiger partial charge in [0.1, 0.15) is 5.69 Å². The number of aromatic nitrogens is 4. The lowest BCUT2D eigenvalue weighted by Gasteiger charge is -2.34. The molecule has 1 aliphatic heterocycles. The van der Waals surface area contributed by atoms with Crippen LogP contribution in [0.3, 0.4) is 0 Å². The van der Waals surface area contributed by atoms with Crippen molar-refractivity contribution < 1.29 is 9.53 Å². The molecule has 2 aromatic carbocycles. The average molecular weight is 482 g/mol. The number of carbonyl (C=O) groups is 1. The van der Waals surface area contributed by atoms with Gasteiger partial charge >= 0.3 is 0 Å². The van der Waals surface area contributed by atoms with Crippen LogP contribution in [0.25, 0.3) is 28.0 Å². The van der Waals surface area contributed by atoms with E-state index in [9.17, 15) is 4.79 Å². The van der Waals surface area contributed by atoms with Gasteiger partial charge < -0.3 is 9.64 Å². The quantitative estimate of drug-likeness (QED) is 0.410. The van der Waals surface area contributed by atoms with Crippen LogP contribution >= 0.6 is 23.2 Å². The van der Waals surface area contributed by atoms with Crippen LogP contribution in [0.4, 0.5) is 0 Å². The van der Waals surface area contributed by atoms with Gasteiger partial charge in [-0.25, -0.2) is 0 Å². The Balaban J connectivity index is 1.67. The van der Waals surface area contributed by atoms with Crippen LogP contribution in [-0.4, -0.2) is 55.9 Å². The Bertz CT molecular complexity index is 1330. The highest BCUT2D eigenvalue weighted by Crippen LogP contribution is 2.35. The van der Waals surface area contributed by atoms with Gasteiger partial charge in [0.2, 0.25) is 5.82 Å². The molecule has 33 heavy (non-hydrogen) atoms. The SMILES string of the molecule is CC1CN(C(=O)c2nnc3cc(-c4ccc(Cl)cc4)c(-c4ccccc4Cl)nn23)CC(C)O1. The third-order valence-electron chi connectivity index (χ3n) is 5.58. The molecule has 7 nitrogen and oxygen atoms in total. The first-order chi connectivity index (χ1) is 15.9. The van der Waals surface area contributed by atoms with E-state index in [4.69, 9.17) is 33.0 Å². The van der Waals surface area contributed by atoms with E-state index in [1.165, 1.54) is 4.52 Å². The van der Waals surface area contributed by atoms with Crippen molar-refractivity contribution in [2.24, 2.45) is 0 Å². The standard InChI is InChI=1S/C24H21Cl2N5O2/c1-14-12-30(13-15(2)33-14)24(32)23-28-27-21-11-19(16-7-9-17(25)10-8-16)22(29-31(21)23)18-5-3-4-6-20(18)26/h3-11,14-15H,12-13H2,1-2H3. The molecule has 3 heterocycles. The van der Waals surface area contributed by atoms with E-state index in [1.807, 2.05) is 68.4 Å². The largest absolute Gasteiger partial charge is 0.372 e. The van der Waals surface area contributed by atoms with E-state index < -0.39 is 0 Å². The zero-order valence-electron chi connectivity index (χ0n) is 18.1. The molecule has 9 heteroatoms. The zero-order chi connectivity index (χ0) is 23.1. The molecule has 5 rings (SSSR count). The number of benzene rings is 2. The summed E-state index contributed by atoms with van der Waals surface area (Å²) >= 11 is 12.6. The average Bonchev–Trinajstić information content (AvgIpc) is 3.21. The van der Waals surface area contributed by atoms with Gasteiger partial charge in [-0.15, -0.1) is 10.2 Å². The molecule has 2 aromatic heterocycles. The summed E-state index contributed by atoms with van der Waals surface area (Å²) < 4.78 is 7.25. The number of rotatable bonds is 3. The Morgan fingerprint density at radius 1 is 0.970 bits per heavy atom. The van der Waals surface area contributed by atoms with Gasteiger partial charge in [0, 0.05) is 29.2 Å². The molecule has 0 saturated carbocycles. The minimum absolute atomic E-state index is 0.0555. The fourth-order valence-corrected chi connectivity index (χ4v) is 4.50. The third-order valence-corrected chi connectivity index (χ3v) is 6.16. The fourth-order valence-electron chi connectivity index (χ4n) is 4.15. The fraction of sp³-hybridized carbons (Fsp3) is 0.250. The van der Waals surface area contributed by atoms with Crippen molar-refractivity contribution in [3.05, 3.63) is 70.5 Å². The number of nitrogens with zero attached hydrogens (tertiary/aromatic N) is 5. The first-order valence-electron chi connectivity index (χ1n) is 10.6. The Morgan fingerprint density at radius 3 is 2.36 bits per heavy atom. The second-order valence-electron chi connectivity index (χ2n) is 8.15. The molecule has 168 valence electrons. The summed E-state index contributed by atoms with van der Waals surface area (Å²) in [5, 5.41) is 14.4. The van der Waals surface area contributed by atoms with Crippen LogP contribution in [0, 0.1) is 0 Å². The van der Waals surface area contributed by atoms with E-state index >= 15 is 0 Å². The predicted octanol–water partition coefficient (Wildman–Crippen LogP) is 5.01. The highest BCUT2D eigenvalue weighted by molar-refractivity contribution is 6.33. The molecule has 0 aliphatic carbocycles. The molecule has 1 saturated heterocycles. The number of hydrogen-bond acceptors (Lipinski definition) is 5. The predicted molar refractivity (Wildman–Crippen MR) is 128 cm³/mol. The molecule has 0 radical (unpaired) electrons. The van der Waals surface area contributed by atoms with E-state index in [1.54, 1.807) is 4.90 Å². The number of morpholine rings is 1. The zero-order valence-corrected chi connectivity index (χ0v) is 19.6. The highest BCUT2D eigenvalue weighted by Gasteiger charge is 2.30. The number of hydrogen-bond donors (Lipinski definition) is 0. The third kappa shape index (κ3) is 4.19. The van der Waals surface area contributed by atoms with Crippen LogP contribution < -0.4 is 0 Å². The van der Waals surface area contributed by atoms with Crippen molar-refractivity contribution in [3.63, 3.8) is 0 Å². The number of fused-ring (bicyclic) bond motifs is 1. The van der Waals surface area contributed by atoms with Crippen molar-refractivity contribution in [1.29, 1.82) is 0 Å². The molecule has 2 atom stereocenters. The van der Waals surface area contributed by atoms with Gasteiger partial charge in [-0.1, -0.05) is 53.5 Å². The Kier molecular flexibility index (Phi) is 5.78. The molecule has 0 spiro atoms. The van der Waals surface area contributed by atoms with Crippen LogP contribution in [0.5, 0.6) is 0 Å². The van der Waals surface area contributed by atoms with E-state index in [-0.39, 0.29) is 23.9 Å². The molecular formula is C24H21Cl2N5O2. The van der Waals surface area contributed by atoms with Gasteiger partial charge in [-0.3, -0.25) is 4.79 Å². The summed E-state index contributed by atoms with van der Waals surface area (Å²) in [7, 11) is 0. The smallest absolute Gasteiger partial charge is 0.293 e. The van der Waals surface area contributed by atoms with E-state index in [0.717, 1.165) is 16.7 Å². The molecule has 2 unspecified atom stereocenters. The van der Waals surface area contributed by atoms with Gasteiger partial charge in [0.25, 0.3) is 5.91 Å². The summed E-state index contributed by atoms with van der Waals surface area (Å²) in [6.45, 7) is 4.87. The molecule has 1 fully saturated rings. The first-order valence-corrected chi connectivity index (χ1v) is 11.4. The summed E-state index contributed by atoms with van der Waals surface area (Å²) in [6, 6.07) is 16.8. The second kappa shape index (κ2) is 8.74. The van der Waals surface area contributed by atoms with E-state index in [0.29, 0.717) is 34.5 Å². The van der Waals surface area contributed by atoms with Crippen LogP contribution in [0.1, 0.15) is 24.5 Å². The first kappa shape index (κ1) is 21.8. The highest BCUT2D eigenvalue weighted by atomic mass is 35.5. The monoisotopic (exact) mass is 481 g/mol. The summed E-state index contributed by atoms with van der Waals surface area (Å²) in [5.74, 6) is -0.0800. The van der Waals surface area contributed by atoms with Crippen molar-refractivity contribution in [2.45, 2.75) is 26.1 Å². The molecule has 1 aliphatic rings.